The normalized spacial score (nSPS) is 11.4. The van der Waals surface area contributed by atoms with Crippen molar-refractivity contribution in [3.05, 3.63) is 53.2 Å². The van der Waals surface area contributed by atoms with Crippen LogP contribution in [0.25, 0.3) is 10.9 Å². The van der Waals surface area contributed by atoms with E-state index in [4.69, 9.17) is 21.1 Å². The van der Waals surface area contributed by atoms with Gasteiger partial charge in [-0.05, 0) is 55.3 Å². The van der Waals surface area contributed by atoms with E-state index >= 15 is 0 Å². The summed E-state index contributed by atoms with van der Waals surface area (Å²) in [5, 5.41) is 3.58. The lowest BCUT2D eigenvalue weighted by Gasteiger charge is -2.11. The molecule has 0 bridgehead atoms. The van der Waals surface area contributed by atoms with Gasteiger partial charge in [0.1, 0.15) is 5.75 Å². The Balaban J connectivity index is 1.71. The third-order valence-electron chi connectivity index (χ3n) is 4.63. The fraction of sp³-hybridized carbons (Fsp3) is 0.286. The van der Waals surface area contributed by atoms with Crippen molar-refractivity contribution >= 4 is 28.4 Å². The maximum Gasteiger partial charge on any atom is 0.487 e. The van der Waals surface area contributed by atoms with E-state index in [2.05, 4.69) is 15.0 Å². The molecule has 0 saturated heterocycles. The van der Waals surface area contributed by atoms with Crippen LogP contribution >= 0.6 is 11.6 Å². The summed E-state index contributed by atoms with van der Waals surface area (Å²) in [4.78, 5) is 15.7. The molecular formula is C21H21ClF2N2O4. The number of ether oxygens (including phenoxy) is 3. The van der Waals surface area contributed by atoms with Crippen LogP contribution < -0.4 is 19.5 Å². The zero-order chi connectivity index (χ0) is 21.9. The first kappa shape index (κ1) is 21.7. The standard InChI is InChI=1S/C21H21ClF2N2O4/c1-12-15(16-11-14(30-21(22,23)24)5-6-17(16)26-12)8-9-25-20(27)13-4-7-18(28-2)19(10-13)29-3/h4-7,10-11,26H,8-9H2,1-3H3,(H,25,27). The number of benzene rings is 2. The van der Waals surface area contributed by atoms with Crippen molar-refractivity contribution in [2.75, 3.05) is 20.8 Å². The van der Waals surface area contributed by atoms with Crippen LogP contribution in [-0.2, 0) is 6.42 Å². The van der Waals surface area contributed by atoms with Gasteiger partial charge in [0, 0.05) is 40.3 Å². The number of hydrogen-bond acceptors (Lipinski definition) is 4. The molecule has 30 heavy (non-hydrogen) atoms. The Labute approximate surface area is 177 Å². The number of H-pyrrole nitrogens is 1. The number of aromatic nitrogens is 1. The number of amides is 1. The first-order valence-corrected chi connectivity index (χ1v) is 9.47. The lowest BCUT2D eigenvalue weighted by atomic mass is 10.1. The van der Waals surface area contributed by atoms with Crippen LogP contribution in [0.3, 0.4) is 0 Å². The van der Waals surface area contributed by atoms with Gasteiger partial charge in [0.05, 0.1) is 14.2 Å². The third-order valence-corrected chi connectivity index (χ3v) is 4.71. The number of nitrogens with one attached hydrogen (secondary N) is 2. The van der Waals surface area contributed by atoms with Gasteiger partial charge in [-0.15, -0.1) is 8.78 Å². The molecule has 6 nitrogen and oxygen atoms in total. The van der Waals surface area contributed by atoms with Crippen LogP contribution in [0, 0.1) is 6.92 Å². The Morgan fingerprint density at radius 2 is 1.87 bits per heavy atom. The summed E-state index contributed by atoms with van der Waals surface area (Å²) in [5.74, 6) is 0.682. The molecule has 0 aliphatic heterocycles. The fourth-order valence-electron chi connectivity index (χ4n) is 3.26. The number of carbonyl (C=O) groups is 1. The summed E-state index contributed by atoms with van der Waals surface area (Å²) in [6.45, 7) is 2.22. The Bertz CT molecular complexity index is 1060. The molecule has 0 aliphatic rings. The van der Waals surface area contributed by atoms with Crippen LogP contribution in [0.15, 0.2) is 36.4 Å². The van der Waals surface area contributed by atoms with Crippen LogP contribution in [-0.4, -0.2) is 37.2 Å². The van der Waals surface area contributed by atoms with Crippen LogP contribution in [0.4, 0.5) is 8.78 Å². The summed E-state index contributed by atoms with van der Waals surface area (Å²) >= 11 is 4.85. The fourth-order valence-corrected chi connectivity index (χ4v) is 3.35. The average molecular weight is 439 g/mol. The number of aromatic amines is 1. The molecule has 1 aromatic heterocycles. The molecule has 1 heterocycles. The largest absolute Gasteiger partial charge is 0.493 e. The van der Waals surface area contributed by atoms with Gasteiger partial charge in [-0.2, -0.15) is 0 Å². The third kappa shape index (κ3) is 4.94. The smallest absolute Gasteiger partial charge is 0.487 e. The number of hydrogen-bond donors (Lipinski definition) is 2. The number of alkyl halides is 3. The van der Waals surface area contributed by atoms with Crippen molar-refractivity contribution in [2.45, 2.75) is 18.9 Å². The second kappa shape index (κ2) is 8.79. The van der Waals surface area contributed by atoms with Gasteiger partial charge in [0.15, 0.2) is 11.5 Å². The lowest BCUT2D eigenvalue weighted by molar-refractivity contribution is -0.0964. The molecule has 1 amide bonds. The minimum atomic E-state index is -3.79. The van der Waals surface area contributed by atoms with E-state index in [1.54, 1.807) is 24.3 Å². The quantitative estimate of drug-likeness (QED) is 0.503. The number of halogens is 3. The topological polar surface area (TPSA) is 72.6 Å². The van der Waals surface area contributed by atoms with E-state index in [-0.39, 0.29) is 11.7 Å². The van der Waals surface area contributed by atoms with E-state index in [0.717, 1.165) is 22.2 Å². The summed E-state index contributed by atoms with van der Waals surface area (Å²) in [6.07, 6.45) is 0.492. The average Bonchev–Trinajstić information content (AvgIpc) is 3.00. The van der Waals surface area contributed by atoms with E-state index < -0.39 is 5.57 Å². The van der Waals surface area contributed by atoms with Crippen molar-refractivity contribution in [1.82, 2.24) is 10.3 Å². The zero-order valence-corrected chi connectivity index (χ0v) is 17.4. The molecule has 0 saturated carbocycles. The van der Waals surface area contributed by atoms with Crippen LogP contribution in [0.5, 0.6) is 17.2 Å². The monoisotopic (exact) mass is 438 g/mol. The molecule has 0 atom stereocenters. The molecule has 2 N–H and O–H groups in total. The molecule has 0 fully saturated rings. The molecule has 0 radical (unpaired) electrons. The number of methoxy groups -OCH3 is 2. The van der Waals surface area contributed by atoms with Crippen molar-refractivity contribution in [3.8, 4) is 17.2 Å². The Morgan fingerprint density at radius 1 is 1.13 bits per heavy atom. The minimum absolute atomic E-state index is 0.0443. The maximum atomic E-state index is 12.9. The summed E-state index contributed by atoms with van der Waals surface area (Å²) in [5.41, 5.74) is -0.810. The highest BCUT2D eigenvalue weighted by Crippen LogP contribution is 2.31. The summed E-state index contributed by atoms with van der Waals surface area (Å²) in [7, 11) is 3.02. The Kier molecular flexibility index (Phi) is 6.36. The van der Waals surface area contributed by atoms with Crippen LogP contribution in [0.2, 0.25) is 0 Å². The van der Waals surface area contributed by atoms with E-state index in [1.807, 2.05) is 6.92 Å². The highest BCUT2D eigenvalue weighted by molar-refractivity contribution is 6.20. The second-order valence-corrected chi connectivity index (χ2v) is 7.00. The summed E-state index contributed by atoms with van der Waals surface area (Å²) < 4.78 is 40.7. The van der Waals surface area contributed by atoms with Gasteiger partial charge in [-0.25, -0.2) is 0 Å². The predicted octanol–water partition coefficient (Wildman–Crippen LogP) is 4.63. The van der Waals surface area contributed by atoms with E-state index in [0.29, 0.717) is 30.0 Å². The predicted molar refractivity (Wildman–Crippen MR) is 110 cm³/mol. The van der Waals surface area contributed by atoms with Gasteiger partial charge < -0.3 is 24.5 Å². The molecule has 0 aliphatic carbocycles. The SMILES string of the molecule is COc1ccc(C(=O)NCCc2c(C)[nH]c3ccc(OC(F)(F)Cl)cc23)cc1OC. The molecule has 2 aromatic carbocycles. The number of fused-ring (bicyclic) bond motifs is 1. The zero-order valence-electron chi connectivity index (χ0n) is 16.6. The first-order valence-electron chi connectivity index (χ1n) is 9.09. The Morgan fingerprint density at radius 3 is 2.53 bits per heavy atom. The van der Waals surface area contributed by atoms with E-state index in [1.165, 1.54) is 26.4 Å². The van der Waals surface area contributed by atoms with Gasteiger partial charge >= 0.3 is 5.57 Å². The molecule has 0 spiro atoms. The van der Waals surface area contributed by atoms with Gasteiger partial charge in [0.25, 0.3) is 5.91 Å². The molecular weight excluding hydrogens is 418 g/mol. The van der Waals surface area contributed by atoms with Crippen molar-refractivity contribution in [2.24, 2.45) is 0 Å². The molecule has 3 aromatic rings. The summed E-state index contributed by atoms with van der Waals surface area (Å²) in [6, 6.07) is 9.46. The van der Waals surface area contributed by atoms with Gasteiger partial charge in [-0.1, -0.05) is 0 Å². The van der Waals surface area contributed by atoms with Crippen molar-refractivity contribution < 1.29 is 27.8 Å². The maximum absolute atomic E-state index is 12.9. The highest BCUT2D eigenvalue weighted by Gasteiger charge is 2.27. The first-order chi connectivity index (χ1) is 14.2. The second-order valence-electron chi connectivity index (χ2n) is 6.56. The number of aryl methyl sites for hydroxylation is 1. The van der Waals surface area contributed by atoms with Crippen molar-refractivity contribution in [1.29, 1.82) is 0 Å². The van der Waals surface area contributed by atoms with E-state index in [9.17, 15) is 13.6 Å². The minimum Gasteiger partial charge on any atom is -0.493 e. The van der Waals surface area contributed by atoms with Gasteiger partial charge in [-0.3, -0.25) is 4.79 Å². The molecule has 9 heteroatoms. The van der Waals surface area contributed by atoms with Crippen LogP contribution in [0.1, 0.15) is 21.6 Å². The molecule has 160 valence electrons. The molecule has 0 unspecified atom stereocenters. The van der Waals surface area contributed by atoms with Gasteiger partial charge in [0.2, 0.25) is 0 Å². The number of carbonyl (C=O) groups excluding carboxylic acids is 1. The Hall–Kier alpha value is -3.00. The highest BCUT2D eigenvalue weighted by atomic mass is 35.5. The molecule has 3 rings (SSSR count). The number of rotatable bonds is 8. The lowest BCUT2D eigenvalue weighted by Crippen LogP contribution is -2.25. The van der Waals surface area contributed by atoms with Crippen molar-refractivity contribution in [3.63, 3.8) is 0 Å².